The first-order chi connectivity index (χ1) is 10.2. The van der Waals surface area contributed by atoms with E-state index in [1.54, 1.807) is 29.1 Å². The average molecular weight is 296 g/mol. The van der Waals surface area contributed by atoms with Gasteiger partial charge in [-0.05, 0) is 29.9 Å². The van der Waals surface area contributed by atoms with Gasteiger partial charge in [-0.25, -0.2) is 5.10 Å². The largest absolute Gasteiger partial charge is 0.508 e. The summed E-state index contributed by atoms with van der Waals surface area (Å²) in [7, 11) is 0. The second-order valence-electron chi connectivity index (χ2n) is 4.37. The van der Waals surface area contributed by atoms with Crippen molar-refractivity contribution in [3.8, 4) is 17.1 Å². The van der Waals surface area contributed by atoms with Crippen LogP contribution in [0.2, 0.25) is 0 Å². The molecule has 0 radical (unpaired) electrons. The van der Waals surface area contributed by atoms with E-state index in [9.17, 15) is 5.11 Å². The summed E-state index contributed by atoms with van der Waals surface area (Å²) in [5, 5.41) is 20.7. The molecule has 0 amide bonds. The van der Waals surface area contributed by atoms with Gasteiger partial charge in [0.2, 0.25) is 4.77 Å². The molecule has 0 bridgehead atoms. The predicted octanol–water partition coefficient (Wildman–Crippen LogP) is 3.20. The summed E-state index contributed by atoms with van der Waals surface area (Å²) in [4.78, 5) is 0. The monoisotopic (exact) mass is 296 g/mol. The third-order valence-corrected chi connectivity index (χ3v) is 3.14. The average Bonchev–Trinajstić information content (AvgIpc) is 2.87. The fourth-order valence-corrected chi connectivity index (χ4v) is 2.08. The van der Waals surface area contributed by atoms with Crippen LogP contribution in [0.25, 0.3) is 11.4 Å². The Hall–Kier alpha value is -2.73. The lowest BCUT2D eigenvalue weighted by atomic mass is 10.2. The molecular weight excluding hydrogens is 284 g/mol. The maximum atomic E-state index is 9.45. The zero-order valence-electron chi connectivity index (χ0n) is 11.0. The second kappa shape index (κ2) is 5.72. The number of nitrogens with one attached hydrogen (secondary N) is 1. The fraction of sp³-hybridized carbons (Fsp3) is 0. The maximum absolute atomic E-state index is 9.45. The third-order valence-electron chi connectivity index (χ3n) is 2.87. The summed E-state index contributed by atoms with van der Waals surface area (Å²) < 4.78 is 1.96. The summed E-state index contributed by atoms with van der Waals surface area (Å²) in [5.41, 5.74) is 1.69. The number of benzene rings is 2. The molecule has 1 heterocycles. The summed E-state index contributed by atoms with van der Waals surface area (Å²) in [6.07, 6.45) is 1.62. The zero-order valence-corrected chi connectivity index (χ0v) is 11.8. The maximum Gasteiger partial charge on any atom is 0.216 e. The molecule has 5 nitrogen and oxygen atoms in total. The summed E-state index contributed by atoms with van der Waals surface area (Å²) in [6, 6.07) is 16.5. The standard InChI is InChI=1S/C15H12N4OS/c20-13-8-4-5-11(9-13)10-16-19-14(17-18-15(19)21)12-6-2-1-3-7-12/h1-10,20H,(H,18,21)/b16-10-. The van der Waals surface area contributed by atoms with Crippen molar-refractivity contribution in [3.05, 3.63) is 64.9 Å². The number of aromatic hydroxyl groups is 1. The van der Waals surface area contributed by atoms with E-state index in [2.05, 4.69) is 15.3 Å². The molecule has 0 aliphatic carbocycles. The number of hydrogen-bond donors (Lipinski definition) is 2. The number of rotatable bonds is 3. The third kappa shape index (κ3) is 2.90. The van der Waals surface area contributed by atoms with Crippen molar-refractivity contribution in [3.63, 3.8) is 0 Å². The Morgan fingerprint density at radius 1 is 1.14 bits per heavy atom. The molecule has 0 spiro atoms. The Morgan fingerprint density at radius 2 is 1.95 bits per heavy atom. The summed E-state index contributed by atoms with van der Waals surface area (Å²) in [5.74, 6) is 0.829. The van der Waals surface area contributed by atoms with Crippen LogP contribution in [0.1, 0.15) is 5.56 Å². The number of phenolic OH excluding ortho intramolecular Hbond substituents is 1. The lowest BCUT2D eigenvalue weighted by Gasteiger charge is -2.00. The van der Waals surface area contributed by atoms with Gasteiger partial charge in [-0.2, -0.15) is 14.9 Å². The SMILES string of the molecule is Oc1cccc(/C=N\n2c(-c3ccccc3)n[nH]c2=S)c1. The Kier molecular flexibility index (Phi) is 3.61. The molecule has 2 aromatic carbocycles. The van der Waals surface area contributed by atoms with E-state index in [1.165, 1.54) is 0 Å². The van der Waals surface area contributed by atoms with Crippen molar-refractivity contribution in [2.45, 2.75) is 0 Å². The van der Waals surface area contributed by atoms with Gasteiger partial charge in [0.15, 0.2) is 5.82 Å². The number of aromatic amines is 1. The van der Waals surface area contributed by atoms with E-state index in [1.807, 2.05) is 36.4 Å². The molecule has 0 atom stereocenters. The van der Waals surface area contributed by atoms with Gasteiger partial charge in [-0.3, -0.25) is 0 Å². The van der Waals surface area contributed by atoms with Crippen LogP contribution in [-0.4, -0.2) is 26.2 Å². The summed E-state index contributed by atoms with van der Waals surface area (Å²) >= 11 is 5.20. The number of phenols is 1. The highest BCUT2D eigenvalue weighted by Crippen LogP contribution is 2.16. The molecular formula is C15H12N4OS. The smallest absolute Gasteiger partial charge is 0.216 e. The molecule has 21 heavy (non-hydrogen) atoms. The van der Waals surface area contributed by atoms with Crippen LogP contribution in [0.3, 0.4) is 0 Å². The lowest BCUT2D eigenvalue weighted by Crippen LogP contribution is -1.94. The number of nitrogens with zero attached hydrogens (tertiary/aromatic N) is 3. The first-order valence-electron chi connectivity index (χ1n) is 6.30. The number of aromatic nitrogens is 3. The van der Waals surface area contributed by atoms with Crippen LogP contribution in [0, 0.1) is 4.77 Å². The molecule has 3 rings (SSSR count). The first-order valence-corrected chi connectivity index (χ1v) is 6.71. The van der Waals surface area contributed by atoms with E-state index >= 15 is 0 Å². The van der Waals surface area contributed by atoms with Crippen molar-refractivity contribution >= 4 is 18.4 Å². The highest BCUT2D eigenvalue weighted by Gasteiger charge is 2.06. The molecule has 0 aliphatic heterocycles. The van der Waals surface area contributed by atoms with Crippen LogP contribution >= 0.6 is 12.2 Å². The van der Waals surface area contributed by atoms with E-state index in [0.29, 0.717) is 10.6 Å². The Labute approximate surface area is 126 Å². The molecule has 0 aliphatic rings. The van der Waals surface area contributed by atoms with Crippen molar-refractivity contribution in [1.82, 2.24) is 14.9 Å². The van der Waals surface area contributed by atoms with E-state index < -0.39 is 0 Å². The number of H-pyrrole nitrogens is 1. The van der Waals surface area contributed by atoms with Crippen molar-refractivity contribution < 1.29 is 5.11 Å². The van der Waals surface area contributed by atoms with Crippen LogP contribution < -0.4 is 0 Å². The van der Waals surface area contributed by atoms with Crippen LogP contribution in [-0.2, 0) is 0 Å². The zero-order chi connectivity index (χ0) is 14.7. The Balaban J connectivity index is 2.00. The van der Waals surface area contributed by atoms with Crippen molar-refractivity contribution in [1.29, 1.82) is 0 Å². The van der Waals surface area contributed by atoms with Crippen LogP contribution in [0.5, 0.6) is 5.75 Å². The van der Waals surface area contributed by atoms with Gasteiger partial charge in [0.1, 0.15) is 5.75 Å². The highest BCUT2D eigenvalue weighted by molar-refractivity contribution is 7.71. The molecule has 2 N–H and O–H groups in total. The van der Waals surface area contributed by atoms with E-state index in [-0.39, 0.29) is 5.75 Å². The predicted molar refractivity (Wildman–Crippen MR) is 83.9 cm³/mol. The Bertz CT molecular complexity index is 836. The molecule has 0 saturated heterocycles. The molecule has 3 aromatic rings. The minimum absolute atomic E-state index is 0.193. The molecule has 1 aromatic heterocycles. The van der Waals surface area contributed by atoms with Gasteiger partial charge in [0.05, 0.1) is 6.21 Å². The topological polar surface area (TPSA) is 66.2 Å². The quantitative estimate of drug-likeness (QED) is 0.576. The molecule has 0 fully saturated rings. The van der Waals surface area contributed by atoms with Gasteiger partial charge in [0, 0.05) is 5.56 Å². The van der Waals surface area contributed by atoms with E-state index in [0.717, 1.165) is 11.1 Å². The van der Waals surface area contributed by atoms with Gasteiger partial charge in [-0.15, -0.1) is 0 Å². The summed E-state index contributed by atoms with van der Waals surface area (Å²) in [6.45, 7) is 0. The van der Waals surface area contributed by atoms with Crippen LogP contribution in [0.4, 0.5) is 0 Å². The molecule has 104 valence electrons. The number of hydrogen-bond acceptors (Lipinski definition) is 4. The normalized spacial score (nSPS) is 11.0. The molecule has 0 unspecified atom stereocenters. The molecule has 0 saturated carbocycles. The first kappa shape index (κ1) is 13.3. The van der Waals surface area contributed by atoms with E-state index in [4.69, 9.17) is 12.2 Å². The van der Waals surface area contributed by atoms with Gasteiger partial charge in [0.25, 0.3) is 0 Å². The van der Waals surface area contributed by atoms with Crippen molar-refractivity contribution in [2.75, 3.05) is 0 Å². The lowest BCUT2D eigenvalue weighted by molar-refractivity contribution is 0.475. The molecule has 6 heteroatoms. The fourth-order valence-electron chi connectivity index (χ4n) is 1.90. The Morgan fingerprint density at radius 3 is 2.71 bits per heavy atom. The van der Waals surface area contributed by atoms with Gasteiger partial charge >= 0.3 is 0 Å². The van der Waals surface area contributed by atoms with Crippen molar-refractivity contribution in [2.24, 2.45) is 5.10 Å². The van der Waals surface area contributed by atoms with Gasteiger partial charge < -0.3 is 5.11 Å². The second-order valence-corrected chi connectivity index (χ2v) is 4.76. The highest BCUT2D eigenvalue weighted by atomic mass is 32.1. The van der Waals surface area contributed by atoms with Gasteiger partial charge in [-0.1, -0.05) is 42.5 Å². The van der Waals surface area contributed by atoms with Crippen LogP contribution in [0.15, 0.2) is 59.7 Å². The minimum atomic E-state index is 0.193. The minimum Gasteiger partial charge on any atom is -0.508 e.